The third kappa shape index (κ3) is 3.40. The molecule has 0 radical (unpaired) electrons. The first kappa shape index (κ1) is 23.5. The zero-order valence-electron chi connectivity index (χ0n) is 22.8. The summed E-state index contributed by atoms with van der Waals surface area (Å²) in [5, 5.41) is 6.69. The molecule has 3 heterocycles. The van der Waals surface area contributed by atoms with Crippen LogP contribution in [-0.4, -0.2) is 0 Å². The van der Waals surface area contributed by atoms with Crippen LogP contribution in [0.2, 0.25) is 0 Å². The van der Waals surface area contributed by atoms with Gasteiger partial charge in [-0.3, -0.25) is 0 Å². The highest BCUT2D eigenvalue weighted by Gasteiger charge is 2.26. The van der Waals surface area contributed by atoms with Gasteiger partial charge in [0.05, 0.1) is 17.5 Å². The fourth-order valence-electron chi connectivity index (χ4n) is 6.21. The van der Waals surface area contributed by atoms with Crippen LogP contribution in [-0.2, 0) is 13.5 Å². The van der Waals surface area contributed by atoms with Gasteiger partial charge < -0.3 is 8.83 Å². The van der Waals surface area contributed by atoms with E-state index in [4.69, 9.17) is 15.4 Å². The van der Waals surface area contributed by atoms with Crippen molar-refractivity contribution in [2.24, 2.45) is 13.0 Å². The van der Waals surface area contributed by atoms with Gasteiger partial charge in [0.2, 0.25) is 5.69 Å². The normalized spacial score (nSPS) is 12.0. The van der Waals surface area contributed by atoms with Crippen molar-refractivity contribution in [3.05, 3.63) is 95.0 Å². The Kier molecular flexibility index (Phi) is 5.09. The Morgan fingerprint density at radius 3 is 2.38 bits per heavy atom. The van der Waals surface area contributed by atoms with E-state index >= 15 is 0 Å². The third-order valence-corrected chi connectivity index (χ3v) is 8.12. The molecule has 4 heteroatoms. The van der Waals surface area contributed by atoms with E-state index in [1.807, 2.05) is 18.2 Å². The summed E-state index contributed by atoms with van der Waals surface area (Å²) in [4.78, 5) is 3.61. The molecular weight excluding hydrogens is 480 g/mol. The van der Waals surface area contributed by atoms with Crippen LogP contribution in [0, 0.1) is 26.3 Å². The van der Waals surface area contributed by atoms with Crippen molar-refractivity contribution in [2.45, 2.75) is 34.1 Å². The maximum atomic E-state index is 7.44. The summed E-state index contributed by atoms with van der Waals surface area (Å²) in [5.41, 5.74) is 9.92. The Balaban J connectivity index is 1.59. The molecular formula is C35H29N2O2+. The lowest BCUT2D eigenvalue weighted by Crippen LogP contribution is -2.30. The average molecular weight is 510 g/mol. The summed E-state index contributed by atoms with van der Waals surface area (Å²) >= 11 is 0. The van der Waals surface area contributed by atoms with Gasteiger partial charge in [0, 0.05) is 33.0 Å². The Labute approximate surface area is 226 Å². The van der Waals surface area contributed by atoms with E-state index in [9.17, 15) is 0 Å². The summed E-state index contributed by atoms with van der Waals surface area (Å²) in [6.07, 6.45) is 3.13. The first-order valence-corrected chi connectivity index (χ1v) is 13.5. The van der Waals surface area contributed by atoms with Crippen molar-refractivity contribution < 1.29 is 13.4 Å². The monoisotopic (exact) mass is 509 g/mol. The molecule has 7 aromatic rings. The predicted molar refractivity (Wildman–Crippen MR) is 159 cm³/mol. The molecule has 190 valence electrons. The number of hydrogen-bond donors (Lipinski definition) is 0. The summed E-state index contributed by atoms with van der Waals surface area (Å²) < 4.78 is 15.3. The van der Waals surface area contributed by atoms with Crippen LogP contribution in [0.3, 0.4) is 0 Å². The molecule has 0 saturated heterocycles. The van der Waals surface area contributed by atoms with Gasteiger partial charge in [-0.25, -0.2) is 9.41 Å². The first-order chi connectivity index (χ1) is 18.9. The number of aromatic nitrogens is 1. The maximum absolute atomic E-state index is 7.44. The number of furan rings is 2. The molecule has 4 nitrogen and oxygen atoms in total. The molecule has 0 bridgehead atoms. The summed E-state index contributed by atoms with van der Waals surface area (Å²) in [6, 6.07) is 20.9. The summed E-state index contributed by atoms with van der Waals surface area (Å²) in [6.45, 7) is 16.3. The van der Waals surface area contributed by atoms with Crippen LogP contribution in [0.4, 0.5) is 5.69 Å². The quantitative estimate of drug-likeness (QED) is 0.176. The number of pyridine rings is 1. The second-order valence-corrected chi connectivity index (χ2v) is 11.1. The molecule has 39 heavy (non-hydrogen) atoms. The van der Waals surface area contributed by atoms with Gasteiger partial charge in [0.15, 0.2) is 11.9 Å². The number of rotatable bonds is 3. The van der Waals surface area contributed by atoms with E-state index < -0.39 is 0 Å². The minimum atomic E-state index is 0.563. The lowest BCUT2D eigenvalue weighted by Gasteiger charge is -2.11. The van der Waals surface area contributed by atoms with E-state index in [2.05, 4.69) is 92.8 Å². The molecule has 0 atom stereocenters. The lowest BCUT2D eigenvalue weighted by molar-refractivity contribution is -0.659. The summed E-state index contributed by atoms with van der Waals surface area (Å²) in [7, 11) is 2.09. The van der Waals surface area contributed by atoms with Crippen LogP contribution >= 0.6 is 0 Å². The largest absolute Gasteiger partial charge is 0.456 e. The van der Waals surface area contributed by atoms with Gasteiger partial charge in [-0.15, -0.1) is 0 Å². The molecule has 0 aliphatic rings. The molecule has 0 fully saturated rings. The van der Waals surface area contributed by atoms with Crippen LogP contribution in [0.5, 0.6) is 0 Å². The smallest absolute Gasteiger partial charge is 0.224 e. The molecule has 0 unspecified atom stereocenters. The lowest BCUT2D eigenvalue weighted by atomic mass is 9.93. The van der Waals surface area contributed by atoms with Crippen LogP contribution in [0.15, 0.2) is 75.7 Å². The molecule has 7 rings (SSSR count). The van der Waals surface area contributed by atoms with Gasteiger partial charge in [0.1, 0.15) is 29.4 Å². The van der Waals surface area contributed by atoms with E-state index in [-0.39, 0.29) is 0 Å². The second-order valence-electron chi connectivity index (χ2n) is 11.1. The Bertz CT molecular complexity index is 2170. The highest BCUT2D eigenvalue weighted by atomic mass is 16.3. The average Bonchev–Trinajstić information content (AvgIpc) is 3.48. The summed E-state index contributed by atoms with van der Waals surface area (Å²) in [5.74, 6) is 0.563. The highest BCUT2D eigenvalue weighted by molar-refractivity contribution is 6.19. The Hall–Kier alpha value is -4.62. The number of nitrogens with zero attached hydrogens (tertiary/aromatic N) is 2. The molecule has 0 spiro atoms. The van der Waals surface area contributed by atoms with Gasteiger partial charge in [0.25, 0.3) is 0 Å². The molecule has 3 aromatic heterocycles. The molecule has 0 aliphatic heterocycles. The second kappa shape index (κ2) is 8.44. The van der Waals surface area contributed by atoms with Gasteiger partial charge in [-0.2, -0.15) is 0 Å². The van der Waals surface area contributed by atoms with Crippen molar-refractivity contribution >= 4 is 60.3 Å². The number of fused-ring (bicyclic) bond motifs is 8. The highest BCUT2D eigenvalue weighted by Crippen LogP contribution is 2.43. The van der Waals surface area contributed by atoms with Crippen LogP contribution < -0.4 is 4.57 Å². The fourth-order valence-corrected chi connectivity index (χ4v) is 6.21. The maximum Gasteiger partial charge on any atom is 0.224 e. The number of aryl methyl sites for hydroxylation is 2. The zero-order chi connectivity index (χ0) is 27.0. The zero-order valence-corrected chi connectivity index (χ0v) is 22.8. The van der Waals surface area contributed by atoms with Crippen molar-refractivity contribution in [3.63, 3.8) is 0 Å². The van der Waals surface area contributed by atoms with Crippen molar-refractivity contribution in [3.8, 4) is 11.3 Å². The number of benzene rings is 4. The first-order valence-electron chi connectivity index (χ1n) is 13.5. The van der Waals surface area contributed by atoms with Crippen LogP contribution in [0.25, 0.3) is 70.8 Å². The minimum absolute atomic E-state index is 0.563. The van der Waals surface area contributed by atoms with Crippen molar-refractivity contribution in [1.82, 2.24) is 0 Å². The Morgan fingerprint density at radius 1 is 0.821 bits per heavy atom. The third-order valence-electron chi connectivity index (χ3n) is 8.12. The van der Waals surface area contributed by atoms with E-state index in [0.717, 1.165) is 66.9 Å². The van der Waals surface area contributed by atoms with Crippen LogP contribution in [0.1, 0.15) is 30.5 Å². The Morgan fingerprint density at radius 2 is 1.59 bits per heavy atom. The molecule has 0 saturated carbocycles. The molecule has 0 aliphatic carbocycles. The van der Waals surface area contributed by atoms with Gasteiger partial charge in [-0.1, -0.05) is 38.1 Å². The molecule has 0 N–H and O–H groups in total. The standard InChI is InChI=1S/C35H29N2O2/c1-19(2)16-22-8-7-9-29-32(22)27-13-12-25-26(34(27)38-29)14-15-37(6)33(25)31-21(4)20(3)17-28-24-11-10-23(36-5)18-30(24)39-35(28)31/h7-15,17-19H,16H2,1-4,6H3/q+1. The van der Waals surface area contributed by atoms with E-state index in [1.165, 1.54) is 22.1 Å². The van der Waals surface area contributed by atoms with Crippen molar-refractivity contribution in [1.29, 1.82) is 0 Å². The minimum Gasteiger partial charge on any atom is -0.456 e. The SMILES string of the molecule is [C-]#[N+]c1ccc2c(c1)oc1c(-c3c4ccc5c(oc6cccc(CC(C)C)c65)c4cc[n+]3C)c(C)c(C)cc12. The van der Waals surface area contributed by atoms with Gasteiger partial charge in [-0.05, 0) is 73.2 Å². The van der Waals surface area contributed by atoms with E-state index in [0.29, 0.717) is 11.6 Å². The van der Waals surface area contributed by atoms with E-state index in [1.54, 1.807) is 0 Å². The fraction of sp³-hybridized carbons (Fsp3) is 0.200. The predicted octanol–water partition coefficient (Wildman–Crippen LogP) is 9.50. The van der Waals surface area contributed by atoms with Gasteiger partial charge >= 0.3 is 0 Å². The number of hydrogen-bond acceptors (Lipinski definition) is 2. The van der Waals surface area contributed by atoms with Crippen molar-refractivity contribution in [2.75, 3.05) is 0 Å². The molecule has 4 aromatic carbocycles. The topological polar surface area (TPSA) is 34.5 Å². The molecule has 0 amide bonds.